The molecule has 210 valence electrons. The third-order valence-electron chi connectivity index (χ3n) is 7.66. The lowest BCUT2D eigenvalue weighted by atomic mass is 9.89. The van der Waals surface area contributed by atoms with Crippen molar-refractivity contribution in [1.29, 1.82) is 0 Å². The molecule has 0 bridgehead atoms. The van der Waals surface area contributed by atoms with Gasteiger partial charge >= 0.3 is 6.03 Å². The monoisotopic (exact) mass is 545 g/mol. The van der Waals surface area contributed by atoms with Crippen molar-refractivity contribution in [1.82, 2.24) is 9.62 Å². The number of nitrogens with zero attached hydrogens (tertiary/aromatic N) is 3. The van der Waals surface area contributed by atoms with Crippen LogP contribution in [0, 0.1) is 13.8 Å². The van der Waals surface area contributed by atoms with Crippen LogP contribution in [0.4, 0.5) is 10.5 Å². The smallest absolute Gasteiger partial charge is 0.318 e. The van der Waals surface area contributed by atoms with E-state index in [1.54, 1.807) is 25.3 Å². The zero-order valence-corrected chi connectivity index (χ0v) is 24.1. The SMILES string of the molecule is CCCCCCCCCC1=NC2(CCN(S(=O)(=O)C=Cc3c(C)cc(N(C)C(N)=O)cc3C)CC2)C(=O)N1. The number of hydrogen-bond acceptors (Lipinski definition) is 5. The molecule has 2 aliphatic rings. The number of aryl methyl sites for hydroxylation is 2. The summed E-state index contributed by atoms with van der Waals surface area (Å²) in [5.41, 5.74) is 7.62. The molecule has 1 fully saturated rings. The number of aliphatic imine (C=N–C) groups is 1. The Hall–Kier alpha value is -2.72. The molecule has 0 radical (unpaired) electrons. The van der Waals surface area contributed by atoms with Crippen molar-refractivity contribution in [2.24, 2.45) is 10.7 Å². The van der Waals surface area contributed by atoms with Crippen LogP contribution in [0.15, 0.2) is 22.5 Å². The number of amides is 3. The molecular weight excluding hydrogens is 502 g/mol. The van der Waals surface area contributed by atoms with Gasteiger partial charge in [0.15, 0.2) is 0 Å². The minimum absolute atomic E-state index is 0.102. The number of unbranched alkanes of at least 4 members (excludes halogenated alkanes) is 6. The number of hydrogen-bond donors (Lipinski definition) is 2. The normalized spacial score (nSPS) is 17.7. The number of carbonyl (C=O) groups is 2. The third kappa shape index (κ3) is 7.22. The Labute approximate surface area is 227 Å². The maximum absolute atomic E-state index is 13.1. The highest BCUT2D eigenvalue weighted by Crippen LogP contribution is 2.32. The molecule has 3 rings (SSSR count). The van der Waals surface area contributed by atoms with Gasteiger partial charge in [0.1, 0.15) is 11.4 Å². The number of amidine groups is 1. The molecule has 0 aromatic heterocycles. The Morgan fingerprint density at radius 1 is 1.11 bits per heavy atom. The van der Waals surface area contributed by atoms with Crippen molar-refractivity contribution >= 4 is 39.6 Å². The van der Waals surface area contributed by atoms with Crippen LogP contribution in [0.5, 0.6) is 0 Å². The fourth-order valence-electron chi connectivity index (χ4n) is 5.18. The van der Waals surface area contributed by atoms with E-state index in [0.717, 1.165) is 41.8 Å². The molecule has 9 nitrogen and oxygen atoms in total. The summed E-state index contributed by atoms with van der Waals surface area (Å²) in [4.78, 5) is 30.4. The van der Waals surface area contributed by atoms with Gasteiger partial charge < -0.3 is 11.1 Å². The van der Waals surface area contributed by atoms with Crippen molar-refractivity contribution in [3.63, 3.8) is 0 Å². The summed E-state index contributed by atoms with van der Waals surface area (Å²) in [6.07, 6.45) is 11.5. The second kappa shape index (κ2) is 12.9. The lowest BCUT2D eigenvalue weighted by Gasteiger charge is -2.34. The number of benzene rings is 1. The van der Waals surface area contributed by atoms with Gasteiger partial charge in [-0.05, 0) is 68.0 Å². The standard InChI is InChI=1S/C28H43N5O4S/c1-5-6-7-8-9-10-11-12-25-30-26(34)28(31-25)14-16-33(17-15-28)38(36,37)18-13-24-21(2)19-23(20-22(24)3)32(4)27(29)35/h13,18-20H,5-12,14-17H2,1-4H3,(H2,29,35)(H,30,31,34). The molecule has 3 amide bonds. The van der Waals surface area contributed by atoms with Crippen molar-refractivity contribution in [2.45, 2.75) is 90.5 Å². The Kier molecular flexibility index (Phi) is 10.1. The second-order valence-corrected chi connectivity index (χ2v) is 12.4. The molecule has 2 aliphatic heterocycles. The Morgan fingerprint density at radius 3 is 2.26 bits per heavy atom. The van der Waals surface area contributed by atoms with E-state index in [1.807, 2.05) is 13.8 Å². The van der Waals surface area contributed by atoms with Crippen LogP contribution >= 0.6 is 0 Å². The van der Waals surface area contributed by atoms with Gasteiger partial charge in [0.25, 0.3) is 5.91 Å². The number of carbonyl (C=O) groups excluding carboxylic acids is 2. The van der Waals surface area contributed by atoms with Crippen molar-refractivity contribution < 1.29 is 18.0 Å². The number of nitrogens with two attached hydrogens (primary N) is 1. The summed E-state index contributed by atoms with van der Waals surface area (Å²) in [7, 11) is -2.08. The van der Waals surface area contributed by atoms with Crippen LogP contribution < -0.4 is 16.0 Å². The fourth-order valence-corrected chi connectivity index (χ4v) is 6.35. The number of urea groups is 1. The molecule has 0 unspecified atom stereocenters. The van der Waals surface area contributed by atoms with Crippen LogP contribution in [0.2, 0.25) is 0 Å². The summed E-state index contributed by atoms with van der Waals surface area (Å²) in [5, 5.41) is 4.18. The molecule has 1 saturated heterocycles. The van der Waals surface area contributed by atoms with Gasteiger partial charge in [-0.1, -0.05) is 45.4 Å². The van der Waals surface area contributed by atoms with E-state index in [4.69, 9.17) is 10.7 Å². The molecule has 38 heavy (non-hydrogen) atoms. The Morgan fingerprint density at radius 2 is 1.68 bits per heavy atom. The van der Waals surface area contributed by atoms with Gasteiger partial charge in [0, 0.05) is 37.7 Å². The lowest BCUT2D eigenvalue weighted by Crippen LogP contribution is -2.50. The maximum Gasteiger partial charge on any atom is 0.318 e. The zero-order valence-electron chi connectivity index (χ0n) is 23.3. The van der Waals surface area contributed by atoms with Gasteiger partial charge in [-0.25, -0.2) is 13.2 Å². The van der Waals surface area contributed by atoms with Gasteiger partial charge in [0.2, 0.25) is 10.0 Å². The summed E-state index contributed by atoms with van der Waals surface area (Å²) in [6.45, 7) is 6.43. The first kappa shape index (κ1) is 29.8. The lowest BCUT2D eigenvalue weighted by molar-refractivity contribution is -0.124. The molecule has 0 atom stereocenters. The number of nitrogens with one attached hydrogen (secondary N) is 1. The van der Waals surface area contributed by atoms with E-state index < -0.39 is 21.6 Å². The van der Waals surface area contributed by atoms with Crippen molar-refractivity contribution in [3.8, 4) is 0 Å². The fraction of sp³-hybridized carbons (Fsp3) is 0.607. The summed E-state index contributed by atoms with van der Waals surface area (Å²) < 4.78 is 27.6. The van der Waals surface area contributed by atoms with E-state index in [-0.39, 0.29) is 19.0 Å². The number of piperidine rings is 1. The molecule has 0 saturated carbocycles. The molecule has 1 spiro atoms. The van der Waals surface area contributed by atoms with Gasteiger partial charge in [-0.3, -0.25) is 14.7 Å². The minimum atomic E-state index is -3.67. The van der Waals surface area contributed by atoms with Crippen molar-refractivity contribution in [3.05, 3.63) is 34.2 Å². The predicted molar refractivity (Wildman–Crippen MR) is 154 cm³/mol. The van der Waals surface area contributed by atoms with E-state index in [0.29, 0.717) is 18.5 Å². The Bertz CT molecular complexity index is 1160. The second-order valence-electron chi connectivity index (χ2n) is 10.6. The summed E-state index contributed by atoms with van der Waals surface area (Å²) in [6, 6.07) is 3.04. The molecule has 1 aromatic carbocycles. The van der Waals surface area contributed by atoms with Crippen molar-refractivity contribution in [2.75, 3.05) is 25.0 Å². The molecule has 10 heteroatoms. The zero-order chi connectivity index (χ0) is 27.9. The van der Waals surface area contributed by atoms with Crippen LogP contribution in [0.25, 0.3) is 6.08 Å². The number of sulfonamides is 1. The van der Waals surface area contributed by atoms with E-state index in [2.05, 4.69) is 12.2 Å². The molecule has 3 N–H and O–H groups in total. The summed E-state index contributed by atoms with van der Waals surface area (Å²) in [5.74, 6) is 0.645. The van der Waals surface area contributed by atoms with Crippen LogP contribution in [-0.4, -0.2) is 56.2 Å². The third-order valence-corrected chi connectivity index (χ3v) is 9.22. The topological polar surface area (TPSA) is 125 Å². The van der Waals surface area contributed by atoms with E-state index in [1.165, 1.54) is 46.7 Å². The number of primary amides is 1. The highest BCUT2D eigenvalue weighted by atomic mass is 32.2. The minimum Gasteiger partial charge on any atom is -0.351 e. The molecular formula is C28H43N5O4S. The number of anilines is 1. The quantitative estimate of drug-likeness (QED) is 0.372. The first-order valence-electron chi connectivity index (χ1n) is 13.7. The van der Waals surface area contributed by atoms with Gasteiger partial charge in [-0.2, -0.15) is 4.31 Å². The van der Waals surface area contributed by atoms with E-state index in [9.17, 15) is 18.0 Å². The Balaban J connectivity index is 1.58. The maximum atomic E-state index is 13.1. The van der Waals surface area contributed by atoms with Gasteiger partial charge in [0.05, 0.1) is 0 Å². The largest absolute Gasteiger partial charge is 0.351 e. The average molecular weight is 546 g/mol. The predicted octanol–water partition coefficient (Wildman–Crippen LogP) is 4.62. The molecule has 1 aromatic rings. The molecule has 2 heterocycles. The first-order chi connectivity index (χ1) is 18.0. The van der Waals surface area contributed by atoms with Crippen LogP contribution in [0.1, 0.15) is 87.8 Å². The highest BCUT2D eigenvalue weighted by Gasteiger charge is 2.46. The van der Waals surface area contributed by atoms with Gasteiger partial charge in [-0.15, -0.1) is 0 Å². The molecule has 0 aliphatic carbocycles. The summed E-state index contributed by atoms with van der Waals surface area (Å²) >= 11 is 0. The van der Waals surface area contributed by atoms with Crippen LogP contribution in [0.3, 0.4) is 0 Å². The number of rotatable bonds is 12. The highest BCUT2D eigenvalue weighted by molar-refractivity contribution is 7.92. The average Bonchev–Trinajstić information content (AvgIpc) is 3.16. The van der Waals surface area contributed by atoms with Crippen LogP contribution in [-0.2, 0) is 14.8 Å². The van der Waals surface area contributed by atoms with E-state index >= 15 is 0 Å². The first-order valence-corrected chi connectivity index (χ1v) is 15.2.